The van der Waals surface area contributed by atoms with Crippen LogP contribution in [0.15, 0.2) is 12.4 Å². The number of hydrogen-bond acceptors (Lipinski definition) is 5. The summed E-state index contributed by atoms with van der Waals surface area (Å²) in [7, 11) is 2.01. The number of nitrogens with zero attached hydrogens (tertiary/aromatic N) is 2. The SMILES string of the molecule is CNC(c1ncc(C)cn1)C1CCOC2(CCSC2)C1. The Morgan fingerprint density at radius 3 is 2.90 bits per heavy atom. The Balaban J connectivity index is 1.76. The fraction of sp³-hybridized carbons (Fsp3) is 0.733. The average Bonchev–Trinajstić information content (AvgIpc) is 2.90. The fourth-order valence-electron chi connectivity index (χ4n) is 3.35. The monoisotopic (exact) mass is 293 g/mol. The summed E-state index contributed by atoms with van der Waals surface area (Å²) in [6, 6.07) is 0.238. The van der Waals surface area contributed by atoms with Gasteiger partial charge in [-0.05, 0) is 50.5 Å². The van der Waals surface area contributed by atoms with Crippen molar-refractivity contribution in [3.63, 3.8) is 0 Å². The van der Waals surface area contributed by atoms with Crippen molar-refractivity contribution >= 4 is 11.8 Å². The summed E-state index contributed by atoms with van der Waals surface area (Å²) in [6.07, 6.45) is 7.23. The maximum Gasteiger partial charge on any atom is 0.145 e. The molecule has 0 aromatic carbocycles. The summed E-state index contributed by atoms with van der Waals surface area (Å²) in [5.41, 5.74) is 1.23. The lowest BCUT2D eigenvalue weighted by Gasteiger charge is -2.40. The van der Waals surface area contributed by atoms with Crippen LogP contribution in [0, 0.1) is 12.8 Å². The van der Waals surface area contributed by atoms with Crippen LogP contribution < -0.4 is 5.32 Å². The predicted octanol–water partition coefficient (Wildman–Crippen LogP) is 2.35. The van der Waals surface area contributed by atoms with E-state index in [2.05, 4.69) is 15.3 Å². The van der Waals surface area contributed by atoms with Gasteiger partial charge >= 0.3 is 0 Å². The molecule has 3 heterocycles. The van der Waals surface area contributed by atoms with Crippen molar-refractivity contribution in [1.29, 1.82) is 0 Å². The van der Waals surface area contributed by atoms with Gasteiger partial charge in [-0.2, -0.15) is 11.8 Å². The minimum absolute atomic E-state index is 0.118. The first kappa shape index (κ1) is 14.3. The van der Waals surface area contributed by atoms with Crippen molar-refractivity contribution in [1.82, 2.24) is 15.3 Å². The van der Waals surface area contributed by atoms with Crippen LogP contribution in [0.25, 0.3) is 0 Å². The highest BCUT2D eigenvalue weighted by Crippen LogP contribution is 2.43. The van der Waals surface area contributed by atoms with Crippen LogP contribution in [-0.2, 0) is 4.74 Å². The molecule has 0 radical (unpaired) electrons. The minimum atomic E-state index is 0.118. The van der Waals surface area contributed by atoms with Crippen LogP contribution in [0.4, 0.5) is 0 Å². The molecular formula is C15H23N3OS. The Morgan fingerprint density at radius 1 is 1.45 bits per heavy atom. The van der Waals surface area contributed by atoms with Gasteiger partial charge < -0.3 is 10.1 Å². The Bertz CT molecular complexity index is 445. The van der Waals surface area contributed by atoms with Gasteiger partial charge in [0.2, 0.25) is 0 Å². The van der Waals surface area contributed by atoms with Crippen LogP contribution in [0.1, 0.15) is 36.7 Å². The topological polar surface area (TPSA) is 47.0 Å². The number of ether oxygens (including phenoxy) is 1. The molecule has 110 valence electrons. The molecule has 1 spiro atoms. The summed E-state index contributed by atoms with van der Waals surface area (Å²) in [4.78, 5) is 9.04. The van der Waals surface area contributed by atoms with E-state index in [1.807, 2.05) is 38.1 Å². The molecule has 3 rings (SSSR count). The Hall–Kier alpha value is -0.650. The molecule has 3 atom stereocenters. The Morgan fingerprint density at radius 2 is 2.25 bits per heavy atom. The minimum Gasteiger partial charge on any atom is -0.374 e. The molecule has 0 aliphatic carbocycles. The molecule has 3 unspecified atom stereocenters. The molecule has 2 fully saturated rings. The summed E-state index contributed by atoms with van der Waals surface area (Å²) in [5, 5.41) is 3.43. The first-order chi connectivity index (χ1) is 9.72. The molecule has 0 bridgehead atoms. The van der Waals surface area contributed by atoms with E-state index >= 15 is 0 Å². The number of rotatable bonds is 3. The second-order valence-corrected chi connectivity index (χ2v) is 7.08. The maximum atomic E-state index is 6.12. The van der Waals surface area contributed by atoms with E-state index in [1.165, 1.54) is 12.2 Å². The highest BCUT2D eigenvalue weighted by atomic mass is 32.2. The zero-order valence-electron chi connectivity index (χ0n) is 12.3. The lowest BCUT2D eigenvalue weighted by atomic mass is 9.81. The third-order valence-corrected chi connectivity index (χ3v) is 5.68. The quantitative estimate of drug-likeness (QED) is 0.927. The van der Waals surface area contributed by atoms with Gasteiger partial charge in [-0.3, -0.25) is 0 Å². The van der Waals surface area contributed by atoms with Gasteiger partial charge in [0.25, 0.3) is 0 Å². The van der Waals surface area contributed by atoms with Crippen LogP contribution in [0.3, 0.4) is 0 Å². The van der Waals surface area contributed by atoms with Crippen molar-refractivity contribution in [2.75, 3.05) is 25.2 Å². The summed E-state index contributed by atoms with van der Waals surface area (Å²) in [6.45, 7) is 2.90. The normalized spacial score (nSPS) is 31.6. The van der Waals surface area contributed by atoms with Gasteiger partial charge in [0.1, 0.15) is 5.82 Å². The number of hydrogen-bond donors (Lipinski definition) is 1. The molecule has 2 aliphatic rings. The second kappa shape index (κ2) is 6.00. The van der Waals surface area contributed by atoms with Gasteiger partial charge in [-0.15, -0.1) is 0 Å². The number of aryl methyl sites for hydroxylation is 1. The van der Waals surface area contributed by atoms with Crippen molar-refractivity contribution in [2.45, 2.75) is 37.8 Å². The number of thioether (sulfide) groups is 1. The summed E-state index contributed by atoms with van der Waals surface area (Å²) < 4.78 is 6.12. The number of nitrogens with one attached hydrogen (secondary N) is 1. The van der Waals surface area contributed by atoms with Gasteiger partial charge in [-0.25, -0.2) is 9.97 Å². The van der Waals surface area contributed by atoms with Crippen LogP contribution >= 0.6 is 11.8 Å². The third-order valence-electron chi connectivity index (χ3n) is 4.46. The smallest absolute Gasteiger partial charge is 0.145 e. The van der Waals surface area contributed by atoms with Gasteiger partial charge in [0.05, 0.1) is 11.6 Å². The second-order valence-electron chi connectivity index (χ2n) is 5.97. The average molecular weight is 293 g/mol. The zero-order chi connectivity index (χ0) is 14.0. The molecule has 0 saturated carbocycles. The van der Waals surface area contributed by atoms with Crippen molar-refractivity contribution in [3.8, 4) is 0 Å². The van der Waals surface area contributed by atoms with E-state index in [-0.39, 0.29) is 11.6 Å². The molecule has 1 aromatic heterocycles. The summed E-state index contributed by atoms with van der Waals surface area (Å²) >= 11 is 2.02. The predicted molar refractivity (Wildman–Crippen MR) is 81.9 cm³/mol. The van der Waals surface area contributed by atoms with E-state index in [0.717, 1.165) is 36.6 Å². The van der Waals surface area contributed by atoms with Gasteiger partial charge in [-0.1, -0.05) is 0 Å². The lowest BCUT2D eigenvalue weighted by molar-refractivity contribution is -0.0855. The highest BCUT2D eigenvalue weighted by molar-refractivity contribution is 7.99. The van der Waals surface area contributed by atoms with E-state index in [0.29, 0.717) is 5.92 Å². The molecule has 0 amide bonds. The highest BCUT2D eigenvalue weighted by Gasteiger charge is 2.43. The zero-order valence-corrected chi connectivity index (χ0v) is 13.1. The van der Waals surface area contributed by atoms with Gasteiger partial charge in [0, 0.05) is 24.8 Å². The first-order valence-corrected chi connectivity index (χ1v) is 8.55. The lowest BCUT2D eigenvalue weighted by Crippen LogP contribution is -2.43. The van der Waals surface area contributed by atoms with Crippen molar-refractivity contribution < 1.29 is 4.74 Å². The van der Waals surface area contributed by atoms with E-state index in [9.17, 15) is 0 Å². The van der Waals surface area contributed by atoms with E-state index in [4.69, 9.17) is 4.74 Å². The van der Waals surface area contributed by atoms with Crippen LogP contribution in [-0.4, -0.2) is 40.7 Å². The van der Waals surface area contributed by atoms with Gasteiger partial charge in [0.15, 0.2) is 0 Å². The Labute approximate surface area is 125 Å². The van der Waals surface area contributed by atoms with Crippen molar-refractivity contribution in [2.24, 2.45) is 5.92 Å². The molecule has 2 saturated heterocycles. The van der Waals surface area contributed by atoms with Crippen LogP contribution in [0.5, 0.6) is 0 Å². The number of aromatic nitrogens is 2. The largest absolute Gasteiger partial charge is 0.374 e. The van der Waals surface area contributed by atoms with E-state index < -0.39 is 0 Å². The van der Waals surface area contributed by atoms with Crippen LogP contribution in [0.2, 0.25) is 0 Å². The molecule has 20 heavy (non-hydrogen) atoms. The molecule has 1 aromatic rings. The van der Waals surface area contributed by atoms with Crippen molar-refractivity contribution in [3.05, 3.63) is 23.8 Å². The first-order valence-electron chi connectivity index (χ1n) is 7.40. The fourth-order valence-corrected chi connectivity index (χ4v) is 4.73. The molecule has 5 heteroatoms. The third kappa shape index (κ3) is 2.85. The Kier molecular flexibility index (Phi) is 4.29. The molecule has 1 N–H and O–H groups in total. The maximum absolute atomic E-state index is 6.12. The molecule has 4 nitrogen and oxygen atoms in total. The molecule has 2 aliphatic heterocycles. The van der Waals surface area contributed by atoms with E-state index in [1.54, 1.807) is 0 Å². The molecular weight excluding hydrogens is 270 g/mol. The standard InChI is InChI=1S/C15H23N3OS/c1-11-8-17-14(18-9-11)13(16-2)12-3-5-19-15(7-12)4-6-20-10-15/h8-9,12-13,16H,3-7,10H2,1-2H3. The summed E-state index contributed by atoms with van der Waals surface area (Å²) in [5.74, 6) is 3.87.